The van der Waals surface area contributed by atoms with Crippen molar-refractivity contribution in [2.24, 2.45) is 40.9 Å². The van der Waals surface area contributed by atoms with Gasteiger partial charge in [-0.2, -0.15) is 60.7 Å². The number of azo groups is 4. The molecule has 0 fully saturated rings. The predicted octanol–water partition coefficient (Wildman–Crippen LogP) is 8.24. The number of rotatable bonds is 19. The molecule has 1 heterocycles. The van der Waals surface area contributed by atoms with Crippen LogP contribution in [0.1, 0.15) is 21.6 Å². The standard InChI is InChI=1S/C27H20N8O19S5.C18H16N4O9S2/c1-29-33-24-20(58(47,48)49)8-12-11(25(24)36)3-5-15(27(12)59(50,51)52)31-32-16-9-18(56(41,42)43)13-7-17(55-54-53-40)23(26(37)21(13)22(16)28)34-30-14-4-2-10(35(38)39)6-19(14)57(44,45)46;1-9-7-13(14(8-10(9)2)33(29,30)31)19-20-15-16(18(24)25)21-22(17(15)23)11-3-5-12(6-4-11)32(26,27)28/h2-9,36-37,40H,28H2,1H3,(H,41,42,43)(H,44,45,46)(H,47,48,49)(H,50,51,52);3-8,21H,1-2H3,(H,24,25)(H,26,27,28)(H,29,30,31). The largest absolute Gasteiger partial charge is 0.505 e. The minimum atomic E-state index is -5.47. The third-order valence-electron chi connectivity index (χ3n) is 12.2. The number of aromatic carboxylic acids is 1. The van der Waals surface area contributed by atoms with Crippen molar-refractivity contribution in [2.45, 2.75) is 48.1 Å². The maximum Gasteiger partial charge on any atom is 0.356 e. The van der Waals surface area contributed by atoms with E-state index in [0.717, 1.165) is 72.4 Å². The molecule has 0 unspecified atom stereocenters. The lowest BCUT2D eigenvalue weighted by Gasteiger charge is -2.15. The summed E-state index contributed by atoms with van der Waals surface area (Å²) < 4.78 is 208. The van der Waals surface area contributed by atoms with Gasteiger partial charge in [-0.3, -0.25) is 47.3 Å². The summed E-state index contributed by atoms with van der Waals surface area (Å²) in [6, 6.07) is 12.3. The average molecular weight is 1420 g/mol. The molecular formula is C45H36N12O28S7. The van der Waals surface area contributed by atoms with E-state index in [-0.39, 0.29) is 23.4 Å². The van der Waals surface area contributed by atoms with Gasteiger partial charge in [0.05, 0.1) is 43.5 Å². The van der Waals surface area contributed by atoms with Crippen LogP contribution in [0.25, 0.3) is 27.2 Å². The summed E-state index contributed by atoms with van der Waals surface area (Å²) >= 11 is 0.0109. The van der Waals surface area contributed by atoms with Crippen LogP contribution in [-0.4, -0.2) is 126 Å². The molecule has 8 rings (SSSR count). The Morgan fingerprint density at radius 3 is 1.67 bits per heavy atom. The number of nitro benzene ring substituents is 1. The number of phenols is 2. The molecule has 0 saturated heterocycles. The van der Waals surface area contributed by atoms with E-state index in [1.54, 1.807) is 13.8 Å². The molecule has 0 aliphatic carbocycles. The number of carboxylic acids is 1. The molecule has 8 aromatic rings. The van der Waals surface area contributed by atoms with Crippen molar-refractivity contribution < 1.29 is 117 Å². The van der Waals surface area contributed by atoms with Gasteiger partial charge in [0.1, 0.15) is 58.6 Å². The van der Waals surface area contributed by atoms with E-state index in [1.807, 2.05) is 0 Å². The summed E-state index contributed by atoms with van der Waals surface area (Å²) in [5.41, 5.74) is -0.829. The van der Waals surface area contributed by atoms with Crippen molar-refractivity contribution >= 4 is 151 Å². The molecule has 0 amide bonds. The number of nitrogens with two attached hydrogens (primary N) is 1. The van der Waals surface area contributed by atoms with E-state index < -0.39 is 196 Å². The van der Waals surface area contributed by atoms with E-state index in [9.17, 15) is 108 Å². The molecule has 13 N–H and O–H groups in total. The number of carbonyl (C=O) groups is 1. The second kappa shape index (κ2) is 26.0. The number of carboxylic acid groups (broad SMARTS) is 1. The monoisotopic (exact) mass is 1420 g/mol. The van der Waals surface area contributed by atoms with Crippen molar-refractivity contribution in [2.75, 3.05) is 12.8 Å². The van der Waals surface area contributed by atoms with E-state index in [2.05, 4.69) is 55.4 Å². The second-order valence-corrected chi connectivity index (χ2v) is 27.0. The van der Waals surface area contributed by atoms with Gasteiger partial charge in [-0.25, -0.2) is 14.7 Å². The van der Waals surface area contributed by atoms with Crippen LogP contribution in [0.4, 0.5) is 51.2 Å². The molecule has 1 aromatic heterocycles. The Kier molecular flexibility index (Phi) is 19.7. The fraction of sp³-hybridized carbons (Fsp3) is 0.0667. The lowest BCUT2D eigenvalue weighted by Crippen LogP contribution is -2.14. The average Bonchev–Trinajstić information content (AvgIpc) is 0.936. The number of hydrogen-bond donors (Lipinski definition) is 12. The number of fused-ring (bicyclic) bond motifs is 2. The molecule has 92 heavy (non-hydrogen) atoms. The first-order chi connectivity index (χ1) is 42.5. The van der Waals surface area contributed by atoms with Gasteiger partial charge in [0.25, 0.3) is 72.0 Å². The number of non-ortho nitro benzene ring substituents is 1. The van der Waals surface area contributed by atoms with Gasteiger partial charge in [0.2, 0.25) is 0 Å². The Hall–Kier alpha value is -9.57. The van der Waals surface area contributed by atoms with Crippen molar-refractivity contribution in [3.8, 4) is 17.2 Å². The number of hydrogen-bond acceptors (Lipinski definition) is 31. The summed E-state index contributed by atoms with van der Waals surface area (Å²) in [5, 5.41) is 83.5. The number of H-pyrrole nitrogens is 1. The zero-order valence-corrected chi connectivity index (χ0v) is 51.0. The smallest absolute Gasteiger partial charge is 0.356 e. The highest BCUT2D eigenvalue weighted by Gasteiger charge is 2.31. The van der Waals surface area contributed by atoms with Crippen molar-refractivity contribution in [1.82, 2.24) is 9.78 Å². The molecule has 486 valence electrons. The maximum absolute atomic E-state index is 12.8. The van der Waals surface area contributed by atoms with E-state index in [4.69, 9.17) is 15.5 Å². The summed E-state index contributed by atoms with van der Waals surface area (Å²) in [7, 11) is -29.4. The quantitative estimate of drug-likeness (QED) is 0.00689. The van der Waals surface area contributed by atoms with Crippen LogP contribution in [0.15, 0.2) is 165 Å². The Morgan fingerprint density at radius 1 is 0.587 bits per heavy atom. The molecule has 0 aliphatic heterocycles. The number of anilines is 1. The first kappa shape index (κ1) is 69.9. The molecule has 40 nitrogen and oxygen atoms in total. The van der Waals surface area contributed by atoms with Gasteiger partial charge in [-0.1, -0.05) is 5.04 Å². The number of nitro groups is 1. The van der Waals surface area contributed by atoms with E-state index in [1.165, 1.54) is 6.07 Å². The minimum Gasteiger partial charge on any atom is -0.505 e. The number of nitrogens with one attached hydrogen (secondary N) is 1. The van der Waals surface area contributed by atoms with Crippen molar-refractivity contribution in [1.29, 1.82) is 0 Å². The lowest BCUT2D eigenvalue weighted by molar-refractivity contribution is -0.432. The minimum absolute atomic E-state index is 0.0109. The second-order valence-electron chi connectivity index (χ2n) is 17.9. The van der Waals surface area contributed by atoms with Gasteiger partial charge in [-0.05, 0) is 97.8 Å². The van der Waals surface area contributed by atoms with Crippen LogP contribution >= 0.6 is 12.0 Å². The number of nitrogen functional groups attached to an aromatic ring is 1. The van der Waals surface area contributed by atoms with Gasteiger partial charge in [0, 0.05) is 35.3 Å². The molecule has 7 aromatic carbocycles. The molecule has 0 saturated carbocycles. The van der Waals surface area contributed by atoms with E-state index >= 15 is 0 Å². The molecule has 0 atom stereocenters. The third-order valence-corrected chi connectivity index (χ3v) is 18.1. The van der Waals surface area contributed by atoms with Crippen LogP contribution in [0.5, 0.6) is 11.5 Å². The zero-order chi connectivity index (χ0) is 68.7. The predicted molar refractivity (Wildman–Crippen MR) is 311 cm³/mol. The maximum atomic E-state index is 12.8. The van der Waals surface area contributed by atoms with Gasteiger partial charge in [-0.15, -0.1) is 35.0 Å². The molecular weight excluding hydrogens is 1380 g/mol. The first-order valence-corrected chi connectivity index (χ1v) is 33.0. The van der Waals surface area contributed by atoms with E-state index in [0.29, 0.717) is 29.3 Å². The fourth-order valence-corrected chi connectivity index (χ4v) is 12.5. The third kappa shape index (κ3) is 14.9. The molecule has 0 bridgehead atoms. The van der Waals surface area contributed by atoms with Crippen LogP contribution in [0.3, 0.4) is 0 Å². The summed E-state index contributed by atoms with van der Waals surface area (Å²) in [6.45, 7) is 3.25. The van der Waals surface area contributed by atoms with Crippen LogP contribution in [-0.2, 0) is 70.1 Å². The topological polar surface area (TPSA) is 649 Å². The zero-order valence-electron chi connectivity index (χ0n) is 45.3. The number of benzene rings is 7. The van der Waals surface area contributed by atoms with Gasteiger partial charge in [0.15, 0.2) is 22.9 Å². The molecule has 47 heteroatoms. The number of phenolic OH excluding ortho intramolecular Hbond substituents is 2. The fourth-order valence-electron chi connectivity index (χ4n) is 8.04. The molecule has 0 radical (unpaired) electrons. The van der Waals surface area contributed by atoms with Crippen molar-refractivity contribution in [3.63, 3.8) is 0 Å². The Balaban J connectivity index is 0.000000307. The summed E-state index contributed by atoms with van der Waals surface area (Å²) in [6.07, 6.45) is 0. The van der Waals surface area contributed by atoms with Crippen LogP contribution in [0, 0.1) is 24.0 Å². The highest BCUT2D eigenvalue weighted by Crippen LogP contribution is 2.51. The molecule has 0 aliphatic rings. The normalized spacial score (nSPS) is 12.8. The van der Waals surface area contributed by atoms with Crippen LogP contribution in [0.2, 0.25) is 0 Å². The van der Waals surface area contributed by atoms with Gasteiger partial charge < -0.3 is 21.1 Å². The lowest BCUT2D eigenvalue weighted by atomic mass is 10.0. The van der Waals surface area contributed by atoms with Crippen molar-refractivity contribution in [3.05, 3.63) is 122 Å². The first-order valence-electron chi connectivity index (χ1n) is 23.6. The van der Waals surface area contributed by atoms with Crippen LogP contribution < -0.4 is 11.3 Å². The Labute approximate surface area is 517 Å². The Bertz CT molecular complexity index is 5370. The Morgan fingerprint density at radius 2 is 1.13 bits per heavy atom. The number of aryl methyl sites for hydroxylation is 2. The molecule has 0 spiro atoms. The highest BCUT2D eigenvalue weighted by molar-refractivity contribution is 7.94. The number of nitrogens with zero attached hydrogens (tertiary/aromatic N) is 10. The summed E-state index contributed by atoms with van der Waals surface area (Å²) in [4.78, 5) is 28.4. The number of aromatic hydroxyl groups is 2. The highest BCUT2D eigenvalue weighted by atomic mass is 32.2. The number of aromatic nitrogens is 2. The number of aromatic amines is 1. The van der Waals surface area contributed by atoms with Gasteiger partial charge >= 0.3 is 5.97 Å². The SMILES string of the molecule is CN=Nc1c(S(=O)(=O)O)cc2c(S(=O)(=O)O)c(N=Nc3cc(S(=O)(=O)O)c4cc(SOOO)c(N=Nc5ccc([N+](=O)[O-])cc5S(=O)(=O)O)c(O)c4c3N)ccc2c1O.Cc1cc(N=Nc2c(C(=O)O)[nH]n(-c3ccc(S(=O)(=O)O)cc3)c2=O)c(S(=O)(=O)O)cc1C. The summed E-state index contributed by atoms with van der Waals surface area (Å²) in [5.74, 6) is -3.77.